The van der Waals surface area contributed by atoms with Crippen LogP contribution in [0.15, 0.2) is 18.2 Å². The van der Waals surface area contributed by atoms with Gasteiger partial charge < -0.3 is 24.4 Å². The number of ether oxygens (including phenoxy) is 3. The molecule has 0 aromatic heterocycles. The first-order chi connectivity index (χ1) is 13.2. The fourth-order valence-electron chi connectivity index (χ4n) is 3.47. The number of likely N-dealkylation sites (tertiary alicyclic amines) is 1. The predicted octanol–water partition coefficient (Wildman–Crippen LogP) is 3.63. The second-order valence-corrected chi connectivity index (χ2v) is 8.52. The highest BCUT2D eigenvalue weighted by Crippen LogP contribution is 2.34. The van der Waals surface area contributed by atoms with Gasteiger partial charge in [-0.3, -0.25) is 4.79 Å². The fraction of sp³-hybridized carbons (Fsp3) is 0.619. The number of carbonyl (C=O) groups excluding carboxylic acids is 2. The number of piperidine rings is 1. The number of amides is 2. The second-order valence-electron chi connectivity index (χ2n) is 8.52. The molecule has 0 aliphatic carbocycles. The molecule has 3 rings (SSSR count). The first-order valence-corrected chi connectivity index (χ1v) is 9.88. The van der Waals surface area contributed by atoms with E-state index in [1.807, 2.05) is 45.9 Å². The summed E-state index contributed by atoms with van der Waals surface area (Å²) in [6.45, 7) is 9.05. The van der Waals surface area contributed by atoms with Crippen molar-refractivity contribution in [1.29, 1.82) is 0 Å². The van der Waals surface area contributed by atoms with Crippen LogP contribution in [0.3, 0.4) is 0 Å². The number of hydrogen-bond acceptors (Lipinski definition) is 5. The Bertz CT molecular complexity index is 720. The molecule has 1 aromatic carbocycles. The molecular formula is C21H30N2O5. The Hall–Kier alpha value is -2.44. The Morgan fingerprint density at radius 1 is 1.21 bits per heavy atom. The molecule has 1 fully saturated rings. The van der Waals surface area contributed by atoms with Crippen LogP contribution in [0.25, 0.3) is 0 Å². The summed E-state index contributed by atoms with van der Waals surface area (Å²) in [5.74, 6) is 1.76. The van der Waals surface area contributed by atoms with Crippen molar-refractivity contribution in [3.8, 4) is 11.5 Å². The van der Waals surface area contributed by atoms with Crippen molar-refractivity contribution in [2.45, 2.75) is 58.6 Å². The highest BCUT2D eigenvalue weighted by atomic mass is 16.7. The molecule has 2 heterocycles. The molecule has 1 atom stereocenters. The number of nitrogens with zero attached hydrogens (tertiary/aromatic N) is 1. The van der Waals surface area contributed by atoms with E-state index in [0.717, 1.165) is 24.2 Å². The van der Waals surface area contributed by atoms with Crippen molar-refractivity contribution in [3.63, 3.8) is 0 Å². The summed E-state index contributed by atoms with van der Waals surface area (Å²) in [6, 6.07) is 5.61. The average Bonchev–Trinajstić information content (AvgIpc) is 3.08. The van der Waals surface area contributed by atoms with Crippen LogP contribution in [-0.4, -0.2) is 42.4 Å². The van der Waals surface area contributed by atoms with E-state index < -0.39 is 5.60 Å². The van der Waals surface area contributed by atoms with Crippen molar-refractivity contribution in [2.75, 3.05) is 19.9 Å². The van der Waals surface area contributed by atoms with E-state index in [0.29, 0.717) is 25.3 Å². The number of rotatable bonds is 4. The van der Waals surface area contributed by atoms with Crippen molar-refractivity contribution < 1.29 is 23.8 Å². The van der Waals surface area contributed by atoms with E-state index in [1.54, 1.807) is 4.90 Å². The van der Waals surface area contributed by atoms with Gasteiger partial charge in [-0.05, 0) is 64.2 Å². The van der Waals surface area contributed by atoms with Crippen LogP contribution in [-0.2, 0) is 9.53 Å². The summed E-state index contributed by atoms with van der Waals surface area (Å²) in [6.07, 6.45) is 1.82. The average molecular weight is 390 g/mol. The van der Waals surface area contributed by atoms with Gasteiger partial charge in [-0.15, -0.1) is 0 Å². The van der Waals surface area contributed by atoms with Crippen LogP contribution >= 0.6 is 0 Å². The zero-order chi connectivity index (χ0) is 20.3. The summed E-state index contributed by atoms with van der Waals surface area (Å²) in [5.41, 5.74) is 0.496. The van der Waals surface area contributed by atoms with E-state index in [9.17, 15) is 9.59 Å². The third kappa shape index (κ3) is 5.30. The van der Waals surface area contributed by atoms with Crippen molar-refractivity contribution >= 4 is 12.0 Å². The first-order valence-electron chi connectivity index (χ1n) is 9.88. The SMILES string of the molecule is CC(NC(=O)CC1CCN(C(=O)OC(C)(C)C)CC1)c1ccc2c(c1)OCO2. The van der Waals surface area contributed by atoms with Crippen LogP contribution in [0.1, 0.15) is 58.6 Å². The Morgan fingerprint density at radius 2 is 1.89 bits per heavy atom. The number of carbonyl (C=O) groups is 2. The van der Waals surface area contributed by atoms with Gasteiger partial charge in [0.15, 0.2) is 11.5 Å². The molecule has 28 heavy (non-hydrogen) atoms. The van der Waals surface area contributed by atoms with E-state index in [-0.39, 0.29) is 30.8 Å². The van der Waals surface area contributed by atoms with E-state index in [4.69, 9.17) is 14.2 Å². The molecule has 0 spiro atoms. The maximum Gasteiger partial charge on any atom is 0.410 e. The van der Waals surface area contributed by atoms with Crippen LogP contribution in [0.2, 0.25) is 0 Å². The molecule has 154 valence electrons. The van der Waals surface area contributed by atoms with Crippen molar-refractivity contribution in [3.05, 3.63) is 23.8 Å². The Kier molecular flexibility index (Phi) is 6.01. The highest BCUT2D eigenvalue weighted by Gasteiger charge is 2.28. The molecular weight excluding hydrogens is 360 g/mol. The van der Waals surface area contributed by atoms with Gasteiger partial charge >= 0.3 is 6.09 Å². The molecule has 0 bridgehead atoms. The van der Waals surface area contributed by atoms with Crippen LogP contribution in [0.5, 0.6) is 11.5 Å². The number of nitrogens with one attached hydrogen (secondary N) is 1. The highest BCUT2D eigenvalue weighted by molar-refractivity contribution is 5.76. The normalized spacial score (nSPS) is 17.9. The van der Waals surface area contributed by atoms with Crippen molar-refractivity contribution in [1.82, 2.24) is 10.2 Å². The zero-order valence-corrected chi connectivity index (χ0v) is 17.1. The number of fused-ring (bicyclic) bond motifs is 1. The molecule has 2 aliphatic rings. The van der Waals surface area contributed by atoms with Gasteiger partial charge in [-0.1, -0.05) is 6.07 Å². The molecule has 1 aromatic rings. The number of benzene rings is 1. The smallest absolute Gasteiger partial charge is 0.410 e. The standard InChI is InChI=1S/C21H30N2O5/c1-14(16-5-6-17-18(12-16)27-13-26-17)22-19(24)11-15-7-9-23(10-8-15)20(25)28-21(2,3)4/h5-6,12,14-15H,7-11,13H2,1-4H3,(H,22,24). The van der Waals surface area contributed by atoms with Gasteiger partial charge in [0.05, 0.1) is 6.04 Å². The third-order valence-electron chi connectivity index (χ3n) is 5.01. The third-order valence-corrected chi connectivity index (χ3v) is 5.01. The zero-order valence-electron chi connectivity index (χ0n) is 17.1. The van der Waals surface area contributed by atoms with Gasteiger partial charge in [0.1, 0.15) is 5.60 Å². The molecule has 7 heteroatoms. The van der Waals surface area contributed by atoms with E-state index >= 15 is 0 Å². The van der Waals surface area contributed by atoms with Crippen LogP contribution < -0.4 is 14.8 Å². The summed E-state index contributed by atoms with van der Waals surface area (Å²) in [5, 5.41) is 3.06. The van der Waals surface area contributed by atoms with E-state index in [2.05, 4.69) is 5.32 Å². The Balaban J connectivity index is 1.44. The summed E-state index contributed by atoms with van der Waals surface area (Å²) < 4.78 is 16.1. The van der Waals surface area contributed by atoms with E-state index in [1.165, 1.54) is 0 Å². The summed E-state index contributed by atoms with van der Waals surface area (Å²) in [4.78, 5) is 26.3. The quantitative estimate of drug-likeness (QED) is 0.849. The van der Waals surface area contributed by atoms with Crippen molar-refractivity contribution in [2.24, 2.45) is 5.92 Å². The predicted molar refractivity (Wildman–Crippen MR) is 104 cm³/mol. The van der Waals surface area contributed by atoms with Gasteiger partial charge in [0.25, 0.3) is 0 Å². The lowest BCUT2D eigenvalue weighted by atomic mass is 9.93. The maximum absolute atomic E-state index is 12.5. The second kappa shape index (κ2) is 8.29. The lowest BCUT2D eigenvalue weighted by Crippen LogP contribution is -2.42. The van der Waals surface area contributed by atoms with Gasteiger partial charge in [-0.25, -0.2) is 4.79 Å². The molecule has 2 amide bonds. The largest absolute Gasteiger partial charge is 0.454 e. The minimum absolute atomic E-state index is 0.0286. The minimum Gasteiger partial charge on any atom is -0.454 e. The number of hydrogen-bond donors (Lipinski definition) is 1. The van der Waals surface area contributed by atoms with Crippen LogP contribution in [0, 0.1) is 5.92 Å². The Morgan fingerprint density at radius 3 is 2.57 bits per heavy atom. The van der Waals surface area contributed by atoms with Gasteiger partial charge in [0.2, 0.25) is 12.7 Å². The van der Waals surface area contributed by atoms with Gasteiger partial charge in [-0.2, -0.15) is 0 Å². The van der Waals surface area contributed by atoms with Gasteiger partial charge in [0, 0.05) is 19.5 Å². The lowest BCUT2D eigenvalue weighted by molar-refractivity contribution is -0.123. The lowest BCUT2D eigenvalue weighted by Gasteiger charge is -2.33. The topological polar surface area (TPSA) is 77.1 Å². The molecule has 1 saturated heterocycles. The summed E-state index contributed by atoms with van der Waals surface area (Å²) in [7, 11) is 0. The molecule has 1 N–H and O–H groups in total. The molecule has 2 aliphatic heterocycles. The minimum atomic E-state index is -0.487. The van der Waals surface area contributed by atoms with Crippen LogP contribution in [0.4, 0.5) is 4.79 Å². The molecule has 0 saturated carbocycles. The molecule has 1 unspecified atom stereocenters. The monoisotopic (exact) mass is 390 g/mol. The summed E-state index contributed by atoms with van der Waals surface area (Å²) >= 11 is 0. The first kappa shape index (κ1) is 20.3. The maximum atomic E-state index is 12.5. The molecule has 7 nitrogen and oxygen atoms in total. The Labute approximate surface area is 166 Å². The molecule has 0 radical (unpaired) electrons. The fourth-order valence-corrected chi connectivity index (χ4v) is 3.47.